The highest BCUT2D eigenvalue weighted by atomic mass is 16.5. The van der Waals surface area contributed by atoms with Crippen LogP contribution in [0.15, 0.2) is 0 Å². The highest BCUT2D eigenvalue weighted by molar-refractivity contribution is 5.76. The van der Waals surface area contributed by atoms with Crippen LogP contribution in [0.25, 0.3) is 0 Å². The minimum atomic E-state index is 0.201. The first-order chi connectivity index (χ1) is 11.8. The Bertz CT molecular complexity index is 441. The summed E-state index contributed by atoms with van der Waals surface area (Å²) in [5, 5.41) is 3.36. The van der Waals surface area contributed by atoms with Crippen molar-refractivity contribution in [1.82, 2.24) is 10.2 Å². The third kappa shape index (κ3) is 3.50. The van der Waals surface area contributed by atoms with Crippen LogP contribution in [0.5, 0.6) is 0 Å². The number of fused-ring (bicyclic) bond motifs is 2. The van der Waals surface area contributed by atoms with Crippen molar-refractivity contribution in [1.29, 1.82) is 0 Å². The van der Waals surface area contributed by atoms with Crippen LogP contribution in [0.3, 0.4) is 0 Å². The summed E-state index contributed by atoms with van der Waals surface area (Å²) in [6.07, 6.45) is 12.7. The van der Waals surface area contributed by atoms with Gasteiger partial charge in [0.1, 0.15) is 0 Å². The molecule has 136 valence electrons. The zero-order valence-corrected chi connectivity index (χ0v) is 15.1. The molecule has 4 aliphatic rings. The van der Waals surface area contributed by atoms with Gasteiger partial charge in [-0.3, -0.25) is 9.69 Å². The maximum absolute atomic E-state index is 12.6. The second kappa shape index (κ2) is 7.33. The molecular formula is C20H34N2O2. The summed E-state index contributed by atoms with van der Waals surface area (Å²) < 4.78 is 5.55. The minimum absolute atomic E-state index is 0.201. The van der Waals surface area contributed by atoms with E-state index in [0.717, 1.165) is 51.1 Å². The Kier molecular flexibility index (Phi) is 5.14. The van der Waals surface area contributed by atoms with Crippen LogP contribution in [-0.2, 0) is 9.53 Å². The van der Waals surface area contributed by atoms with Crippen molar-refractivity contribution in [2.24, 2.45) is 17.8 Å². The average molecular weight is 335 g/mol. The topological polar surface area (TPSA) is 41.6 Å². The van der Waals surface area contributed by atoms with E-state index in [1.165, 1.54) is 57.8 Å². The van der Waals surface area contributed by atoms with Crippen molar-refractivity contribution < 1.29 is 9.53 Å². The van der Waals surface area contributed by atoms with Gasteiger partial charge in [0.2, 0.25) is 5.91 Å². The Morgan fingerprint density at radius 3 is 2.54 bits per heavy atom. The van der Waals surface area contributed by atoms with Crippen molar-refractivity contribution in [2.45, 2.75) is 69.7 Å². The predicted octanol–water partition coefficient (Wildman–Crippen LogP) is 2.96. The molecule has 24 heavy (non-hydrogen) atoms. The molecule has 0 radical (unpaired) electrons. The van der Waals surface area contributed by atoms with Gasteiger partial charge >= 0.3 is 0 Å². The van der Waals surface area contributed by atoms with Crippen LogP contribution < -0.4 is 5.32 Å². The Balaban J connectivity index is 1.31. The van der Waals surface area contributed by atoms with Gasteiger partial charge in [-0.05, 0) is 49.9 Å². The zero-order chi connectivity index (χ0) is 16.4. The van der Waals surface area contributed by atoms with Gasteiger partial charge in [0.05, 0.1) is 13.2 Å². The fourth-order valence-corrected chi connectivity index (χ4v) is 6.05. The third-order valence-electron chi connectivity index (χ3n) is 7.41. The molecule has 4 nitrogen and oxygen atoms in total. The van der Waals surface area contributed by atoms with Gasteiger partial charge in [0, 0.05) is 31.6 Å². The molecule has 1 amide bonds. The highest BCUT2D eigenvalue weighted by Gasteiger charge is 2.41. The molecule has 1 N–H and O–H groups in total. The number of amides is 1. The molecule has 0 spiro atoms. The maximum Gasteiger partial charge on any atom is 0.220 e. The standard InChI is InChI=1S/C20H34N2O2/c23-19(14-18-13-16-4-5-17(18)12-16)21-15-20(6-2-1-3-7-20)22-8-10-24-11-9-22/h16-18H,1-15H2,(H,21,23)/t16-,17-,18+/m0/s1. The molecule has 0 unspecified atom stereocenters. The van der Waals surface area contributed by atoms with E-state index < -0.39 is 0 Å². The highest BCUT2D eigenvalue weighted by Crippen LogP contribution is 2.49. The number of ether oxygens (including phenoxy) is 1. The lowest BCUT2D eigenvalue weighted by molar-refractivity contribution is -0.123. The molecule has 3 atom stereocenters. The molecule has 1 aliphatic heterocycles. The molecular weight excluding hydrogens is 300 g/mol. The minimum Gasteiger partial charge on any atom is -0.379 e. The summed E-state index contributed by atoms with van der Waals surface area (Å²) >= 11 is 0. The maximum atomic E-state index is 12.6. The number of morpholine rings is 1. The summed E-state index contributed by atoms with van der Waals surface area (Å²) in [7, 11) is 0. The van der Waals surface area contributed by atoms with Crippen molar-refractivity contribution in [3.63, 3.8) is 0 Å². The van der Waals surface area contributed by atoms with E-state index in [2.05, 4.69) is 10.2 Å². The largest absolute Gasteiger partial charge is 0.379 e. The Morgan fingerprint density at radius 1 is 1.08 bits per heavy atom. The molecule has 1 saturated heterocycles. The van der Waals surface area contributed by atoms with E-state index in [1.807, 2.05) is 0 Å². The molecule has 3 aliphatic carbocycles. The van der Waals surface area contributed by atoms with Gasteiger partial charge in [0.25, 0.3) is 0 Å². The smallest absolute Gasteiger partial charge is 0.220 e. The van der Waals surface area contributed by atoms with E-state index in [9.17, 15) is 4.79 Å². The molecule has 4 fully saturated rings. The van der Waals surface area contributed by atoms with E-state index in [0.29, 0.717) is 11.8 Å². The van der Waals surface area contributed by atoms with Crippen molar-refractivity contribution in [3.8, 4) is 0 Å². The van der Waals surface area contributed by atoms with E-state index >= 15 is 0 Å². The average Bonchev–Trinajstić information content (AvgIpc) is 3.25. The summed E-state index contributed by atoms with van der Waals surface area (Å²) in [5.41, 5.74) is 0.201. The number of hydrogen-bond donors (Lipinski definition) is 1. The zero-order valence-electron chi connectivity index (χ0n) is 15.1. The van der Waals surface area contributed by atoms with Gasteiger partial charge in [-0.1, -0.05) is 25.7 Å². The predicted molar refractivity (Wildman–Crippen MR) is 94.8 cm³/mol. The van der Waals surface area contributed by atoms with Crippen LogP contribution >= 0.6 is 0 Å². The number of nitrogens with one attached hydrogen (secondary N) is 1. The second-order valence-corrected chi connectivity index (χ2v) is 8.80. The normalized spacial score (nSPS) is 35.9. The van der Waals surface area contributed by atoms with Crippen LogP contribution in [0.2, 0.25) is 0 Å². The van der Waals surface area contributed by atoms with Crippen molar-refractivity contribution >= 4 is 5.91 Å². The first-order valence-corrected chi connectivity index (χ1v) is 10.3. The van der Waals surface area contributed by atoms with Gasteiger partial charge in [-0.2, -0.15) is 0 Å². The van der Waals surface area contributed by atoms with E-state index in [1.54, 1.807) is 0 Å². The van der Waals surface area contributed by atoms with E-state index in [4.69, 9.17) is 4.74 Å². The Labute approximate surface area is 146 Å². The fourth-order valence-electron chi connectivity index (χ4n) is 6.05. The summed E-state index contributed by atoms with van der Waals surface area (Å²) in [5.74, 6) is 2.77. The number of hydrogen-bond acceptors (Lipinski definition) is 3. The SMILES string of the molecule is O=C(C[C@H]1C[C@H]2CC[C@H]1C2)NCC1(N2CCOCC2)CCCCC1. The Hall–Kier alpha value is -0.610. The summed E-state index contributed by atoms with van der Waals surface area (Å²) in [6.45, 7) is 4.61. The van der Waals surface area contributed by atoms with Gasteiger partial charge in [0.15, 0.2) is 0 Å². The van der Waals surface area contributed by atoms with Gasteiger partial charge < -0.3 is 10.1 Å². The molecule has 0 aromatic carbocycles. The lowest BCUT2D eigenvalue weighted by Crippen LogP contribution is -2.59. The molecule has 0 aromatic heterocycles. The number of carbonyl (C=O) groups excluding carboxylic acids is 1. The molecule has 2 bridgehead atoms. The lowest BCUT2D eigenvalue weighted by Gasteiger charge is -2.48. The number of carbonyl (C=O) groups is 1. The molecule has 4 rings (SSSR count). The van der Waals surface area contributed by atoms with Gasteiger partial charge in [-0.25, -0.2) is 0 Å². The van der Waals surface area contributed by atoms with Gasteiger partial charge in [-0.15, -0.1) is 0 Å². The fraction of sp³-hybridized carbons (Fsp3) is 0.950. The second-order valence-electron chi connectivity index (χ2n) is 8.80. The van der Waals surface area contributed by atoms with Crippen LogP contribution in [0.4, 0.5) is 0 Å². The van der Waals surface area contributed by atoms with Crippen LogP contribution in [-0.4, -0.2) is 49.2 Å². The quantitative estimate of drug-likeness (QED) is 0.840. The molecule has 0 aromatic rings. The molecule has 1 heterocycles. The first kappa shape index (κ1) is 16.8. The number of rotatable bonds is 5. The molecule has 4 heteroatoms. The number of nitrogens with zero attached hydrogens (tertiary/aromatic N) is 1. The first-order valence-electron chi connectivity index (χ1n) is 10.3. The van der Waals surface area contributed by atoms with Crippen molar-refractivity contribution in [3.05, 3.63) is 0 Å². The van der Waals surface area contributed by atoms with Crippen LogP contribution in [0, 0.1) is 17.8 Å². The summed E-state index contributed by atoms with van der Waals surface area (Å²) in [6, 6.07) is 0. The third-order valence-corrected chi connectivity index (χ3v) is 7.41. The van der Waals surface area contributed by atoms with E-state index in [-0.39, 0.29) is 5.54 Å². The molecule has 3 saturated carbocycles. The summed E-state index contributed by atoms with van der Waals surface area (Å²) in [4.78, 5) is 15.2. The lowest BCUT2D eigenvalue weighted by atomic mass is 9.79. The Morgan fingerprint density at radius 2 is 1.88 bits per heavy atom. The van der Waals surface area contributed by atoms with Crippen LogP contribution in [0.1, 0.15) is 64.2 Å². The monoisotopic (exact) mass is 334 g/mol. The van der Waals surface area contributed by atoms with Crippen molar-refractivity contribution in [2.75, 3.05) is 32.8 Å².